The van der Waals surface area contributed by atoms with Crippen molar-refractivity contribution in [1.29, 1.82) is 0 Å². The number of pyridine rings is 1. The van der Waals surface area contributed by atoms with Crippen molar-refractivity contribution in [3.8, 4) is 17.0 Å². The molecule has 10 heteroatoms. The van der Waals surface area contributed by atoms with Gasteiger partial charge in [-0.1, -0.05) is 0 Å². The molecule has 1 aliphatic heterocycles. The number of hydrogen-bond acceptors (Lipinski definition) is 8. The van der Waals surface area contributed by atoms with Gasteiger partial charge in [0, 0.05) is 55.3 Å². The van der Waals surface area contributed by atoms with Crippen LogP contribution in [0.2, 0.25) is 0 Å². The van der Waals surface area contributed by atoms with E-state index in [2.05, 4.69) is 21.8 Å². The molecule has 4 rings (SSSR count). The fourth-order valence-electron chi connectivity index (χ4n) is 3.52. The van der Waals surface area contributed by atoms with Crippen molar-refractivity contribution < 1.29 is 13.2 Å². The summed E-state index contributed by atoms with van der Waals surface area (Å²) >= 11 is 1.51. The Bertz CT molecular complexity index is 1150. The lowest BCUT2D eigenvalue weighted by atomic mass is 10.1. The maximum atomic E-state index is 11.7. The van der Waals surface area contributed by atoms with Crippen LogP contribution in [0.25, 0.3) is 11.3 Å². The summed E-state index contributed by atoms with van der Waals surface area (Å²) in [4.78, 5) is 14.0. The lowest BCUT2D eigenvalue weighted by Crippen LogP contribution is -2.44. The maximum absolute atomic E-state index is 11.7. The first-order valence-electron chi connectivity index (χ1n) is 9.87. The van der Waals surface area contributed by atoms with Gasteiger partial charge in [-0.15, -0.1) is 11.3 Å². The number of likely N-dealkylation sites (N-methyl/N-ethyl adjacent to an activating group) is 1. The highest BCUT2D eigenvalue weighted by atomic mass is 32.2. The van der Waals surface area contributed by atoms with Crippen molar-refractivity contribution >= 4 is 27.2 Å². The average Bonchev–Trinajstić information content (AvgIpc) is 3.22. The van der Waals surface area contributed by atoms with Gasteiger partial charge in [0.2, 0.25) is 10.0 Å². The Morgan fingerprint density at radius 3 is 2.58 bits per heavy atom. The van der Waals surface area contributed by atoms with E-state index in [0.29, 0.717) is 12.2 Å². The number of primary sulfonamides is 1. The van der Waals surface area contributed by atoms with Gasteiger partial charge in [0.1, 0.15) is 11.6 Å². The molecular formula is C21H25N5O3S2. The number of ether oxygens (including phenoxy) is 1. The molecule has 31 heavy (non-hydrogen) atoms. The third-order valence-electron chi connectivity index (χ3n) is 5.34. The van der Waals surface area contributed by atoms with Gasteiger partial charge in [-0.3, -0.25) is 0 Å². The molecule has 0 spiro atoms. The predicted molar refractivity (Wildman–Crippen MR) is 122 cm³/mol. The number of thiazole rings is 1. The predicted octanol–water partition coefficient (Wildman–Crippen LogP) is 2.20. The smallest absolute Gasteiger partial charge is 0.238 e. The molecule has 2 N–H and O–H groups in total. The molecule has 0 unspecified atom stereocenters. The van der Waals surface area contributed by atoms with Crippen molar-refractivity contribution in [2.75, 3.05) is 45.2 Å². The summed E-state index contributed by atoms with van der Waals surface area (Å²) in [6, 6.07) is 8.69. The standard InChI is InChI=1S/C21H25N5O3S2/c1-25-7-9-26(10-8-25)20-6-3-15(13-23-20)18-14-30-21(24-18)12-16-11-17(31(22,27)28)4-5-19(16)29-2/h3-6,11,13-14H,7-10,12H2,1-2H3,(H2,22,27,28). The van der Waals surface area contributed by atoms with E-state index in [1.54, 1.807) is 19.2 Å². The Morgan fingerprint density at radius 1 is 1.16 bits per heavy atom. The number of nitrogens with zero attached hydrogens (tertiary/aromatic N) is 4. The number of aromatic nitrogens is 2. The van der Waals surface area contributed by atoms with Gasteiger partial charge in [0.05, 0.1) is 22.7 Å². The molecule has 3 heterocycles. The molecule has 1 saturated heterocycles. The van der Waals surface area contributed by atoms with Crippen LogP contribution in [0, 0.1) is 0 Å². The van der Waals surface area contributed by atoms with E-state index in [-0.39, 0.29) is 4.90 Å². The summed E-state index contributed by atoms with van der Waals surface area (Å²) in [5, 5.41) is 8.10. The highest BCUT2D eigenvalue weighted by molar-refractivity contribution is 7.89. The highest BCUT2D eigenvalue weighted by Crippen LogP contribution is 2.28. The van der Waals surface area contributed by atoms with Gasteiger partial charge in [-0.2, -0.15) is 0 Å². The van der Waals surface area contributed by atoms with E-state index in [4.69, 9.17) is 14.9 Å². The van der Waals surface area contributed by atoms with Gasteiger partial charge >= 0.3 is 0 Å². The zero-order chi connectivity index (χ0) is 22.0. The van der Waals surface area contributed by atoms with Crippen molar-refractivity contribution in [2.24, 2.45) is 5.14 Å². The zero-order valence-electron chi connectivity index (χ0n) is 17.5. The number of methoxy groups -OCH3 is 1. The molecule has 0 bridgehead atoms. The SMILES string of the molecule is COc1ccc(S(N)(=O)=O)cc1Cc1nc(-c2ccc(N3CCN(C)CC3)nc2)cs1. The minimum atomic E-state index is -3.78. The van der Waals surface area contributed by atoms with Crippen LogP contribution in [-0.2, 0) is 16.4 Å². The highest BCUT2D eigenvalue weighted by Gasteiger charge is 2.16. The fraction of sp³-hybridized carbons (Fsp3) is 0.333. The number of nitrogens with two attached hydrogens (primary N) is 1. The van der Waals surface area contributed by atoms with E-state index in [0.717, 1.165) is 53.8 Å². The normalized spacial score (nSPS) is 15.3. The zero-order valence-corrected chi connectivity index (χ0v) is 19.1. The number of sulfonamides is 1. The Kier molecular flexibility index (Phi) is 6.24. The minimum absolute atomic E-state index is 0.0591. The first-order valence-corrected chi connectivity index (χ1v) is 12.3. The van der Waals surface area contributed by atoms with E-state index < -0.39 is 10.0 Å². The largest absolute Gasteiger partial charge is 0.496 e. The lowest BCUT2D eigenvalue weighted by molar-refractivity contribution is 0.312. The van der Waals surface area contributed by atoms with E-state index >= 15 is 0 Å². The Labute approximate surface area is 186 Å². The molecule has 8 nitrogen and oxygen atoms in total. The Morgan fingerprint density at radius 2 is 1.94 bits per heavy atom. The van der Waals surface area contributed by atoms with Crippen LogP contribution >= 0.6 is 11.3 Å². The van der Waals surface area contributed by atoms with Crippen molar-refractivity contribution in [3.63, 3.8) is 0 Å². The van der Waals surface area contributed by atoms with Crippen LogP contribution < -0.4 is 14.8 Å². The molecule has 0 aliphatic carbocycles. The Balaban J connectivity index is 1.51. The van der Waals surface area contributed by atoms with Crippen molar-refractivity contribution in [1.82, 2.24) is 14.9 Å². The second-order valence-corrected chi connectivity index (χ2v) is 10.0. The molecule has 0 atom stereocenters. The number of rotatable bonds is 6. The quantitative estimate of drug-likeness (QED) is 0.603. The third kappa shape index (κ3) is 5.04. The summed E-state index contributed by atoms with van der Waals surface area (Å²) in [5.41, 5.74) is 2.52. The molecule has 164 valence electrons. The van der Waals surface area contributed by atoms with E-state index in [1.807, 2.05) is 23.7 Å². The summed E-state index contributed by atoms with van der Waals surface area (Å²) in [6.45, 7) is 4.02. The first kappa shape index (κ1) is 21.7. The molecule has 1 fully saturated rings. The molecule has 1 aromatic carbocycles. The van der Waals surface area contributed by atoms with Gasteiger partial charge in [-0.05, 0) is 37.4 Å². The van der Waals surface area contributed by atoms with Crippen LogP contribution in [-0.4, -0.2) is 63.6 Å². The van der Waals surface area contributed by atoms with Crippen LogP contribution in [0.5, 0.6) is 5.75 Å². The number of anilines is 1. The van der Waals surface area contributed by atoms with Crippen LogP contribution in [0.3, 0.4) is 0 Å². The summed E-state index contributed by atoms with van der Waals surface area (Å²) in [6.07, 6.45) is 2.30. The molecule has 0 saturated carbocycles. The first-order chi connectivity index (χ1) is 14.8. The molecule has 0 amide bonds. The molecule has 2 aromatic heterocycles. The molecular weight excluding hydrogens is 434 g/mol. The molecule has 3 aromatic rings. The van der Waals surface area contributed by atoms with E-state index in [1.165, 1.54) is 17.4 Å². The topological polar surface area (TPSA) is 102 Å². The van der Waals surface area contributed by atoms with Crippen LogP contribution in [0.4, 0.5) is 5.82 Å². The van der Waals surface area contributed by atoms with Gasteiger partial charge in [0.15, 0.2) is 0 Å². The maximum Gasteiger partial charge on any atom is 0.238 e. The monoisotopic (exact) mass is 459 g/mol. The van der Waals surface area contributed by atoms with Crippen molar-refractivity contribution in [2.45, 2.75) is 11.3 Å². The van der Waals surface area contributed by atoms with Crippen molar-refractivity contribution in [3.05, 3.63) is 52.5 Å². The third-order valence-corrected chi connectivity index (χ3v) is 7.10. The van der Waals surface area contributed by atoms with Gasteiger partial charge in [0.25, 0.3) is 0 Å². The van der Waals surface area contributed by atoms with Gasteiger partial charge in [-0.25, -0.2) is 23.5 Å². The summed E-state index contributed by atoms with van der Waals surface area (Å²) in [7, 11) is -0.0991. The second kappa shape index (κ2) is 8.91. The number of piperazine rings is 1. The number of hydrogen-bond donors (Lipinski definition) is 1. The summed E-state index contributed by atoms with van der Waals surface area (Å²) < 4.78 is 28.8. The Hall–Kier alpha value is -2.53. The summed E-state index contributed by atoms with van der Waals surface area (Å²) in [5.74, 6) is 1.58. The average molecular weight is 460 g/mol. The molecule has 0 radical (unpaired) electrons. The second-order valence-electron chi connectivity index (χ2n) is 7.52. The van der Waals surface area contributed by atoms with Gasteiger partial charge < -0.3 is 14.5 Å². The lowest BCUT2D eigenvalue weighted by Gasteiger charge is -2.33. The number of benzene rings is 1. The van der Waals surface area contributed by atoms with Crippen LogP contribution in [0.15, 0.2) is 46.8 Å². The molecule has 1 aliphatic rings. The van der Waals surface area contributed by atoms with Crippen LogP contribution in [0.1, 0.15) is 10.6 Å². The minimum Gasteiger partial charge on any atom is -0.496 e. The van der Waals surface area contributed by atoms with E-state index in [9.17, 15) is 8.42 Å². The fourth-order valence-corrected chi connectivity index (χ4v) is 4.91.